The standard InChI is InChI=1S/C10H9BrN2O/c1-5-3-6(2)13-10-8(5)9(14)7(11)4-12-10/h3-4H,1-2H3,(H,12,13,14). The maximum Gasteiger partial charge on any atom is 0.205 e. The predicted octanol–water partition coefficient (Wildman–Crippen LogP) is 2.30. The van der Waals surface area contributed by atoms with Gasteiger partial charge >= 0.3 is 0 Å². The highest BCUT2D eigenvalue weighted by Crippen LogP contribution is 2.14. The molecule has 0 saturated carbocycles. The Morgan fingerprint density at radius 2 is 2.14 bits per heavy atom. The molecule has 4 heteroatoms. The molecular formula is C10H9BrN2O. The van der Waals surface area contributed by atoms with Gasteiger partial charge in [-0.15, -0.1) is 0 Å². The molecule has 2 aromatic rings. The highest BCUT2D eigenvalue weighted by molar-refractivity contribution is 9.10. The summed E-state index contributed by atoms with van der Waals surface area (Å²) < 4.78 is 0.541. The van der Waals surface area contributed by atoms with Crippen LogP contribution in [0.5, 0.6) is 0 Å². The Balaban J connectivity index is 3.03. The SMILES string of the molecule is Cc1cc(C)c2c(=O)c(Br)c[nH]c2n1. The molecular weight excluding hydrogens is 244 g/mol. The van der Waals surface area contributed by atoms with Gasteiger partial charge in [-0.1, -0.05) is 0 Å². The predicted molar refractivity (Wildman–Crippen MR) is 59.5 cm³/mol. The van der Waals surface area contributed by atoms with Crippen molar-refractivity contribution in [1.29, 1.82) is 0 Å². The minimum Gasteiger partial charge on any atom is -0.345 e. The molecule has 14 heavy (non-hydrogen) atoms. The first kappa shape index (κ1) is 9.40. The fourth-order valence-corrected chi connectivity index (χ4v) is 1.86. The molecule has 0 aliphatic heterocycles. The molecule has 2 aromatic heterocycles. The van der Waals surface area contributed by atoms with Crippen LogP contribution in [0.4, 0.5) is 0 Å². The minimum atomic E-state index is -0.0104. The van der Waals surface area contributed by atoms with Gasteiger partial charge in [-0.3, -0.25) is 4.79 Å². The molecule has 3 nitrogen and oxygen atoms in total. The zero-order valence-corrected chi connectivity index (χ0v) is 9.47. The summed E-state index contributed by atoms with van der Waals surface area (Å²) in [6.07, 6.45) is 1.62. The topological polar surface area (TPSA) is 45.8 Å². The van der Waals surface area contributed by atoms with E-state index in [1.54, 1.807) is 6.20 Å². The number of rotatable bonds is 0. The van der Waals surface area contributed by atoms with Crippen molar-refractivity contribution in [2.45, 2.75) is 13.8 Å². The van der Waals surface area contributed by atoms with E-state index in [0.29, 0.717) is 15.5 Å². The Bertz CT molecular complexity index is 560. The summed E-state index contributed by atoms with van der Waals surface area (Å²) in [4.78, 5) is 19.0. The molecule has 0 unspecified atom stereocenters. The molecule has 2 rings (SSSR count). The molecule has 0 bridgehead atoms. The van der Waals surface area contributed by atoms with Crippen molar-refractivity contribution >= 4 is 27.0 Å². The number of hydrogen-bond donors (Lipinski definition) is 1. The lowest BCUT2D eigenvalue weighted by Gasteiger charge is -2.02. The summed E-state index contributed by atoms with van der Waals surface area (Å²) in [6, 6.07) is 1.91. The summed E-state index contributed by atoms with van der Waals surface area (Å²) in [5.74, 6) is 0. The van der Waals surface area contributed by atoms with Crippen molar-refractivity contribution in [2.75, 3.05) is 0 Å². The lowest BCUT2D eigenvalue weighted by Crippen LogP contribution is -2.06. The van der Waals surface area contributed by atoms with Crippen LogP contribution in [-0.4, -0.2) is 9.97 Å². The zero-order chi connectivity index (χ0) is 10.3. The number of fused-ring (bicyclic) bond motifs is 1. The van der Waals surface area contributed by atoms with Crippen LogP contribution in [0.25, 0.3) is 11.0 Å². The molecule has 0 fully saturated rings. The molecule has 0 atom stereocenters. The molecule has 0 saturated heterocycles. The second-order valence-corrected chi connectivity index (χ2v) is 4.12. The first-order chi connectivity index (χ1) is 6.59. The second-order valence-electron chi connectivity index (χ2n) is 3.27. The highest BCUT2D eigenvalue weighted by Gasteiger charge is 2.06. The van der Waals surface area contributed by atoms with E-state index >= 15 is 0 Å². The van der Waals surface area contributed by atoms with Crippen molar-refractivity contribution < 1.29 is 0 Å². The van der Waals surface area contributed by atoms with Crippen LogP contribution in [-0.2, 0) is 0 Å². The van der Waals surface area contributed by atoms with Crippen molar-refractivity contribution in [3.05, 3.63) is 38.2 Å². The molecule has 0 spiro atoms. The number of halogens is 1. The number of nitrogens with zero attached hydrogens (tertiary/aromatic N) is 1. The first-order valence-corrected chi connectivity index (χ1v) is 5.04. The van der Waals surface area contributed by atoms with E-state index < -0.39 is 0 Å². The van der Waals surface area contributed by atoms with E-state index in [2.05, 4.69) is 25.9 Å². The van der Waals surface area contributed by atoms with Gasteiger partial charge in [0, 0.05) is 11.9 Å². The van der Waals surface area contributed by atoms with E-state index in [1.165, 1.54) is 0 Å². The van der Waals surface area contributed by atoms with E-state index in [1.807, 2.05) is 19.9 Å². The average molecular weight is 253 g/mol. The van der Waals surface area contributed by atoms with Gasteiger partial charge in [0.2, 0.25) is 5.43 Å². The van der Waals surface area contributed by atoms with Crippen molar-refractivity contribution in [1.82, 2.24) is 9.97 Å². The van der Waals surface area contributed by atoms with Crippen molar-refractivity contribution in [2.24, 2.45) is 0 Å². The monoisotopic (exact) mass is 252 g/mol. The molecule has 0 aliphatic carbocycles. The molecule has 2 heterocycles. The van der Waals surface area contributed by atoms with Crippen molar-refractivity contribution in [3.63, 3.8) is 0 Å². The Labute approximate surface area is 89.3 Å². The summed E-state index contributed by atoms with van der Waals surface area (Å²) in [5, 5.41) is 0.657. The van der Waals surface area contributed by atoms with Gasteiger partial charge in [-0.2, -0.15) is 0 Å². The lowest BCUT2D eigenvalue weighted by atomic mass is 10.1. The summed E-state index contributed by atoms with van der Waals surface area (Å²) in [7, 11) is 0. The smallest absolute Gasteiger partial charge is 0.205 e. The maximum absolute atomic E-state index is 11.8. The van der Waals surface area contributed by atoms with Crippen LogP contribution in [0.15, 0.2) is 21.5 Å². The van der Waals surface area contributed by atoms with E-state index in [0.717, 1.165) is 11.3 Å². The van der Waals surface area contributed by atoms with Gasteiger partial charge < -0.3 is 4.98 Å². The fraction of sp³-hybridized carbons (Fsp3) is 0.200. The Kier molecular flexibility index (Phi) is 2.15. The first-order valence-electron chi connectivity index (χ1n) is 4.25. The van der Waals surface area contributed by atoms with Crippen LogP contribution < -0.4 is 5.43 Å². The van der Waals surface area contributed by atoms with Gasteiger partial charge in [-0.25, -0.2) is 4.98 Å². The quantitative estimate of drug-likeness (QED) is 0.782. The Morgan fingerprint density at radius 3 is 2.86 bits per heavy atom. The zero-order valence-electron chi connectivity index (χ0n) is 7.89. The average Bonchev–Trinajstić information content (AvgIpc) is 2.10. The van der Waals surface area contributed by atoms with Gasteiger partial charge in [0.15, 0.2) is 0 Å². The molecule has 1 N–H and O–H groups in total. The van der Waals surface area contributed by atoms with E-state index in [9.17, 15) is 4.79 Å². The molecule has 72 valence electrons. The van der Waals surface area contributed by atoms with Crippen LogP contribution in [0.3, 0.4) is 0 Å². The second kappa shape index (κ2) is 3.20. The summed E-state index contributed by atoms with van der Waals surface area (Å²) in [5.41, 5.74) is 2.50. The Morgan fingerprint density at radius 1 is 1.43 bits per heavy atom. The van der Waals surface area contributed by atoms with Gasteiger partial charge in [0.05, 0.1) is 9.86 Å². The number of pyridine rings is 2. The van der Waals surface area contributed by atoms with Gasteiger partial charge in [0.25, 0.3) is 0 Å². The van der Waals surface area contributed by atoms with Crippen LogP contribution in [0.2, 0.25) is 0 Å². The lowest BCUT2D eigenvalue weighted by molar-refractivity contribution is 1.18. The van der Waals surface area contributed by atoms with Crippen LogP contribution >= 0.6 is 15.9 Å². The third kappa shape index (κ3) is 1.35. The Hall–Kier alpha value is -1.16. The minimum absolute atomic E-state index is 0.0104. The number of hydrogen-bond acceptors (Lipinski definition) is 2. The largest absolute Gasteiger partial charge is 0.345 e. The van der Waals surface area contributed by atoms with E-state index in [4.69, 9.17) is 0 Å². The molecule has 0 aromatic carbocycles. The third-order valence-corrected chi connectivity index (χ3v) is 2.71. The number of nitrogens with one attached hydrogen (secondary N) is 1. The van der Waals surface area contributed by atoms with Gasteiger partial charge in [-0.05, 0) is 41.4 Å². The number of aromatic nitrogens is 2. The maximum atomic E-state index is 11.8. The van der Waals surface area contributed by atoms with Crippen LogP contribution in [0.1, 0.15) is 11.3 Å². The normalized spacial score (nSPS) is 10.8. The summed E-state index contributed by atoms with van der Waals surface area (Å²) in [6.45, 7) is 3.82. The number of aryl methyl sites for hydroxylation is 2. The molecule has 0 aliphatic rings. The van der Waals surface area contributed by atoms with Crippen molar-refractivity contribution in [3.8, 4) is 0 Å². The third-order valence-electron chi connectivity index (χ3n) is 2.12. The van der Waals surface area contributed by atoms with E-state index in [-0.39, 0.29) is 5.43 Å². The van der Waals surface area contributed by atoms with Gasteiger partial charge in [0.1, 0.15) is 5.65 Å². The fourth-order valence-electron chi connectivity index (χ4n) is 1.54. The highest BCUT2D eigenvalue weighted by atomic mass is 79.9. The number of H-pyrrole nitrogens is 1. The summed E-state index contributed by atoms with van der Waals surface area (Å²) >= 11 is 3.20. The van der Waals surface area contributed by atoms with Crippen LogP contribution in [0, 0.1) is 13.8 Å². The number of aromatic amines is 1. The molecule has 0 radical (unpaired) electrons. The molecule has 0 amide bonds.